The number of hydrogen-bond donors (Lipinski definition) is 1. The van der Waals surface area contributed by atoms with Crippen LogP contribution in [0.1, 0.15) is 12.0 Å². The van der Waals surface area contributed by atoms with Gasteiger partial charge < -0.3 is 15.4 Å². The number of guanidine groups is 1. The van der Waals surface area contributed by atoms with Gasteiger partial charge in [0, 0.05) is 24.1 Å². The van der Waals surface area contributed by atoms with Gasteiger partial charge in [0.25, 0.3) is 0 Å². The molecule has 1 saturated heterocycles. The minimum atomic E-state index is 0. The Morgan fingerprint density at radius 2 is 2.10 bits per heavy atom. The van der Waals surface area contributed by atoms with Crippen LogP contribution in [0.25, 0.3) is 0 Å². The SMILES string of the molecule is I.NC(=NCCCc1cccc(Br)c1)N1CCOCC1. The summed E-state index contributed by atoms with van der Waals surface area (Å²) in [7, 11) is 0. The number of aryl methyl sites for hydroxylation is 1. The number of morpholine rings is 1. The number of halogens is 2. The minimum absolute atomic E-state index is 0. The molecule has 0 radical (unpaired) electrons. The molecule has 0 unspecified atom stereocenters. The van der Waals surface area contributed by atoms with E-state index in [0.29, 0.717) is 5.96 Å². The van der Waals surface area contributed by atoms with Crippen molar-refractivity contribution < 1.29 is 4.74 Å². The van der Waals surface area contributed by atoms with Crippen LogP contribution in [0.5, 0.6) is 0 Å². The number of ether oxygens (including phenoxy) is 1. The summed E-state index contributed by atoms with van der Waals surface area (Å²) in [6.45, 7) is 3.96. The van der Waals surface area contributed by atoms with Gasteiger partial charge in [-0.25, -0.2) is 0 Å². The van der Waals surface area contributed by atoms with E-state index in [1.165, 1.54) is 5.56 Å². The van der Waals surface area contributed by atoms with Crippen LogP contribution in [0.3, 0.4) is 0 Å². The van der Waals surface area contributed by atoms with Gasteiger partial charge in [-0.3, -0.25) is 4.99 Å². The lowest BCUT2D eigenvalue weighted by Gasteiger charge is -2.27. The minimum Gasteiger partial charge on any atom is -0.378 e. The maximum atomic E-state index is 5.96. The van der Waals surface area contributed by atoms with Crippen molar-refractivity contribution in [2.45, 2.75) is 12.8 Å². The van der Waals surface area contributed by atoms with Crippen LogP contribution in [0.2, 0.25) is 0 Å². The number of nitrogens with two attached hydrogens (primary N) is 1. The number of nitrogens with zero attached hydrogens (tertiary/aromatic N) is 2. The van der Waals surface area contributed by atoms with Crippen molar-refractivity contribution in [3.63, 3.8) is 0 Å². The lowest BCUT2D eigenvalue weighted by Crippen LogP contribution is -2.44. The molecule has 0 aliphatic carbocycles. The number of aliphatic imine (C=N–C) groups is 1. The van der Waals surface area contributed by atoms with Gasteiger partial charge in [0.1, 0.15) is 0 Å². The Bertz CT molecular complexity index is 436. The second-order valence-corrected chi connectivity index (χ2v) is 5.49. The highest BCUT2D eigenvalue weighted by Gasteiger charge is 2.11. The number of hydrogen-bond acceptors (Lipinski definition) is 2. The normalized spacial score (nSPS) is 15.8. The van der Waals surface area contributed by atoms with Crippen molar-refractivity contribution in [1.82, 2.24) is 4.90 Å². The molecule has 2 N–H and O–H groups in total. The summed E-state index contributed by atoms with van der Waals surface area (Å²) in [6, 6.07) is 8.39. The highest BCUT2D eigenvalue weighted by Crippen LogP contribution is 2.12. The molecular weight excluding hydrogens is 433 g/mol. The van der Waals surface area contributed by atoms with Gasteiger partial charge in [0.2, 0.25) is 0 Å². The van der Waals surface area contributed by atoms with Crippen LogP contribution >= 0.6 is 39.9 Å². The van der Waals surface area contributed by atoms with Crippen molar-refractivity contribution in [3.05, 3.63) is 34.3 Å². The maximum Gasteiger partial charge on any atom is 0.191 e. The fourth-order valence-electron chi connectivity index (χ4n) is 2.06. The van der Waals surface area contributed by atoms with E-state index in [-0.39, 0.29) is 24.0 Å². The van der Waals surface area contributed by atoms with Crippen molar-refractivity contribution >= 4 is 45.9 Å². The van der Waals surface area contributed by atoms with Crippen molar-refractivity contribution in [2.24, 2.45) is 10.7 Å². The van der Waals surface area contributed by atoms with Gasteiger partial charge in [-0.2, -0.15) is 0 Å². The summed E-state index contributed by atoms with van der Waals surface area (Å²) in [6.07, 6.45) is 2.04. The largest absolute Gasteiger partial charge is 0.378 e. The van der Waals surface area contributed by atoms with Crippen LogP contribution in [0, 0.1) is 0 Å². The molecule has 1 aromatic carbocycles. The number of benzene rings is 1. The van der Waals surface area contributed by atoms with E-state index in [9.17, 15) is 0 Å². The Morgan fingerprint density at radius 1 is 1.35 bits per heavy atom. The van der Waals surface area contributed by atoms with E-state index in [1.807, 2.05) is 6.07 Å². The smallest absolute Gasteiger partial charge is 0.191 e. The monoisotopic (exact) mass is 453 g/mol. The van der Waals surface area contributed by atoms with Gasteiger partial charge in [-0.1, -0.05) is 28.1 Å². The van der Waals surface area contributed by atoms with Gasteiger partial charge in [0.05, 0.1) is 13.2 Å². The van der Waals surface area contributed by atoms with Gasteiger partial charge >= 0.3 is 0 Å². The summed E-state index contributed by atoms with van der Waals surface area (Å²) in [5.41, 5.74) is 7.29. The highest BCUT2D eigenvalue weighted by molar-refractivity contribution is 14.0. The molecule has 4 nitrogen and oxygen atoms in total. The molecule has 20 heavy (non-hydrogen) atoms. The topological polar surface area (TPSA) is 50.8 Å². The summed E-state index contributed by atoms with van der Waals surface area (Å²) < 4.78 is 6.41. The molecule has 112 valence electrons. The van der Waals surface area contributed by atoms with Crippen LogP contribution < -0.4 is 5.73 Å². The Morgan fingerprint density at radius 3 is 2.80 bits per heavy atom. The summed E-state index contributed by atoms with van der Waals surface area (Å²) in [5.74, 6) is 0.651. The average molecular weight is 454 g/mol. The Hall–Kier alpha value is -0.340. The highest BCUT2D eigenvalue weighted by atomic mass is 127. The second kappa shape index (κ2) is 9.57. The molecule has 0 saturated carbocycles. The summed E-state index contributed by atoms with van der Waals surface area (Å²) >= 11 is 3.48. The molecule has 1 aliphatic rings. The van der Waals surface area contributed by atoms with Gasteiger partial charge in [0.15, 0.2) is 5.96 Å². The number of rotatable bonds is 4. The van der Waals surface area contributed by atoms with Gasteiger partial charge in [-0.15, -0.1) is 24.0 Å². The van der Waals surface area contributed by atoms with E-state index in [2.05, 4.69) is 44.0 Å². The third kappa shape index (κ3) is 5.97. The molecule has 1 fully saturated rings. The lowest BCUT2D eigenvalue weighted by atomic mass is 10.1. The third-order valence-electron chi connectivity index (χ3n) is 3.12. The van der Waals surface area contributed by atoms with Crippen LogP contribution in [0.4, 0.5) is 0 Å². The van der Waals surface area contributed by atoms with Crippen molar-refractivity contribution in [3.8, 4) is 0 Å². The quantitative estimate of drug-likeness (QED) is 0.330. The zero-order chi connectivity index (χ0) is 13.5. The second-order valence-electron chi connectivity index (χ2n) is 4.57. The summed E-state index contributed by atoms with van der Waals surface area (Å²) in [4.78, 5) is 6.52. The first-order valence-corrected chi connectivity index (χ1v) is 7.42. The van der Waals surface area contributed by atoms with E-state index in [4.69, 9.17) is 10.5 Å². The molecule has 0 atom stereocenters. The standard InChI is InChI=1S/C14H20BrN3O.HI/c15-13-5-1-3-12(11-13)4-2-6-17-14(16)18-7-9-19-10-8-18;/h1,3,5,11H,2,4,6-10H2,(H2,16,17);1H. The average Bonchev–Trinajstić information content (AvgIpc) is 2.44. The molecule has 2 rings (SSSR count). The molecule has 6 heteroatoms. The molecule has 0 aromatic heterocycles. The van der Waals surface area contributed by atoms with E-state index in [0.717, 1.165) is 50.2 Å². The molecular formula is C14H21BrIN3O. The van der Waals surface area contributed by atoms with Crippen molar-refractivity contribution in [1.29, 1.82) is 0 Å². The Kier molecular flexibility index (Phi) is 8.47. The van der Waals surface area contributed by atoms with E-state index >= 15 is 0 Å². The third-order valence-corrected chi connectivity index (χ3v) is 3.61. The fraction of sp³-hybridized carbons (Fsp3) is 0.500. The Balaban J connectivity index is 0.00000200. The first-order valence-electron chi connectivity index (χ1n) is 6.63. The maximum absolute atomic E-state index is 5.96. The zero-order valence-electron chi connectivity index (χ0n) is 11.4. The summed E-state index contributed by atoms with van der Waals surface area (Å²) in [5, 5.41) is 0. The van der Waals surface area contributed by atoms with Crippen molar-refractivity contribution in [2.75, 3.05) is 32.8 Å². The molecule has 0 spiro atoms. The van der Waals surface area contributed by atoms with Crippen LogP contribution in [-0.2, 0) is 11.2 Å². The first-order chi connectivity index (χ1) is 9.25. The molecule has 1 aromatic rings. The lowest BCUT2D eigenvalue weighted by molar-refractivity contribution is 0.0674. The van der Waals surface area contributed by atoms with Crippen LogP contribution in [-0.4, -0.2) is 43.7 Å². The van der Waals surface area contributed by atoms with E-state index in [1.54, 1.807) is 0 Å². The predicted molar refractivity (Wildman–Crippen MR) is 96.8 cm³/mol. The van der Waals surface area contributed by atoms with Crippen LogP contribution in [0.15, 0.2) is 33.7 Å². The van der Waals surface area contributed by atoms with Gasteiger partial charge in [-0.05, 0) is 30.5 Å². The molecule has 0 amide bonds. The fourth-order valence-corrected chi connectivity index (χ4v) is 2.51. The first kappa shape index (κ1) is 17.7. The molecule has 1 heterocycles. The molecule has 0 bridgehead atoms. The molecule has 1 aliphatic heterocycles. The zero-order valence-corrected chi connectivity index (χ0v) is 15.3. The Labute approximate surface area is 145 Å². The van der Waals surface area contributed by atoms with E-state index < -0.39 is 0 Å². The predicted octanol–water partition coefficient (Wildman–Crippen LogP) is 2.65.